The van der Waals surface area contributed by atoms with Crippen LogP contribution in [0.2, 0.25) is 0 Å². The Morgan fingerprint density at radius 2 is 1.61 bits per heavy atom. The molecule has 0 bridgehead atoms. The third-order valence-corrected chi connectivity index (χ3v) is 5.69. The first-order valence-corrected chi connectivity index (χ1v) is 10.7. The molecular weight excluding hydrogens is 304 g/mol. The number of hydrogen-bond donors (Lipinski definition) is 1. The van der Waals surface area contributed by atoms with E-state index in [1.54, 1.807) is 0 Å². The Kier molecular flexibility index (Phi) is 10.5. The van der Waals surface area contributed by atoms with Gasteiger partial charge < -0.3 is 9.66 Å². The van der Waals surface area contributed by atoms with Gasteiger partial charge >= 0.3 is 0 Å². The third kappa shape index (κ3) is 8.12. The third-order valence-electron chi connectivity index (χ3n) is 4.29. The highest BCUT2D eigenvalue weighted by Gasteiger charge is 2.12. The lowest BCUT2D eigenvalue weighted by atomic mass is 10.0. The first kappa shape index (κ1) is 20.4. The Labute approximate surface area is 145 Å². The van der Waals surface area contributed by atoms with Gasteiger partial charge in [0.1, 0.15) is 17.3 Å². The smallest absolute Gasteiger partial charge is 0.130 e. The normalized spacial score (nSPS) is 12.5. The average Bonchev–Trinajstić information content (AvgIpc) is 2.52. The van der Waals surface area contributed by atoms with Crippen LogP contribution < -0.4 is 0 Å². The molecule has 0 saturated heterocycles. The highest BCUT2D eigenvalue weighted by atomic mass is 32.2. The van der Waals surface area contributed by atoms with Crippen LogP contribution in [0.5, 0.6) is 5.75 Å². The SMILES string of the molecule is CCCCCCCC[S+]([O-])Cc1cc(C)c(O)c(CCCC)c1. The number of aryl methyl sites for hydroxylation is 2. The molecular formula is C20H34O2S. The Balaban J connectivity index is 2.44. The summed E-state index contributed by atoms with van der Waals surface area (Å²) in [5.74, 6) is 1.84. The fourth-order valence-corrected chi connectivity index (χ4v) is 4.08. The van der Waals surface area contributed by atoms with E-state index in [0.717, 1.165) is 48.1 Å². The van der Waals surface area contributed by atoms with E-state index in [2.05, 4.69) is 19.9 Å². The standard InChI is InChI=1S/C20H34O2S/c1-4-6-8-9-10-11-13-23(22)16-18-14-17(3)20(21)19(15-18)12-7-5-2/h14-15,21H,4-13,16H2,1-3H3. The molecule has 3 heteroatoms. The van der Waals surface area contributed by atoms with Gasteiger partial charge in [-0.1, -0.05) is 46.0 Å². The average molecular weight is 339 g/mol. The van der Waals surface area contributed by atoms with Gasteiger partial charge in [-0.3, -0.25) is 0 Å². The van der Waals surface area contributed by atoms with Crippen molar-refractivity contribution in [2.45, 2.75) is 84.3 Å². The minimum Gasteiger partial charge on any atom is -0.616 e. The predicted molar refractivity (Wildman–Crippen MR) is 102 cm³/mol. The summed E-state index contributed by atoms with van der Waals surface area (Å²) in [7, 11) is 0. The highest BCUT2D eigenvalue weighted by Crippen LogP contribution is 2.26. The van der Waals surface area contributed by atoms with Gasteiger partial charge in [-0.15, -0.1) is 0 Å². The molecule has 0 aliphatic heterocycles. The Hall–Kier alpha value is -0.670. The van der Waals surface area contributed by atoms with Crippen LogP contribution >= 0.6 is 0 Å². The maximum Gasteiger partial charge on any atom is 0.130 e. The predicted octanol–water partition coefficient (Wildman–Crippen LogP) is 5.65. The number of unbranched alkanes of at least 4 members (excludes halogenated alkanes) is 6. The summed E-state index contributed by atoms with van der Waals surface area (Å²) in [6.45, 7) is 6.32. The zero-order valence-corrected chi connectivity index (χ0v) is 16.0. The van der Waals surface area contributed by atoms with E-state index in [1.165, 1.54) is 32.1 Å². The highest BCUT2D eigenvalue weighted by molar-refractivity contribution is 7.90. The molecule has 132 valence electrons. The van der Waals surface area contributed by atoms with Gasteiger partial charge in [0.05, 0.1) is 0 Å². The summed E-state index contributed by atoms with van der Waals surface area (Å²) < 4.78 is 12.3. The first-order chi connectivity index (χ1) is 11.1. The minimum absolute atomic E-state index is 0.420. The van der Waals surface area contributed by atoms with Crippen LogP contribution in [-0.4, -0.2) is 15.4 Å². The Morgan fingerprint density at radius 1 is 0.957 bits per heavy atom. The summed E-state index contributed by atoms with van der Waals surface area (Å²) in [6, 6.07) is 4.04. The van der Waals surface area contributed by atoms with E-state index in [4.69, 9.17) is 0 Å². The van der Waals surface area contributed by atoms with Gasteiger partial charge in [0.15, 0.2) is 0 Å². The van der Waals surface area contributed by atoms with Gasteiger partial charge in [-0.2, -0.15) is 0 Å². The fraction of sp³-hybridized carbons (Fsp3) is 0.700. The van der Waals surface area contributed by atoms with E-state index in [-0.39, 0.29) is 0 Å². The van der Waals surface area contributed by atoms with E-state index < -0.39 is 11.2 Å². The molecule has 1 atom stereocenters. The largest absolute Gasteiger partial charge is 0.616 e. The quantitative estimate of drug-likeness (QED) is 0.395. The van der Waals surface area contributed by atoms with Gasteiger partial charge in [0.25, 0.3) is 0 Å². The van der Waals surface area contributed by atoms with Crippen molar-refractivity contribution in [1.82, 2.24) is 0 Å². The van der Waals surface area contributed by atoms with Gasteiger partial charge in [-0.25, -0.2) is 0 Å². The molecule has 0 radical (unpaired) electrons. The van der Waals surface area contributed by atoms with E-state index in [0.29, 0.717) is 11.5 Å². The van der Waals surface area contributed by atoms with Crippen molar-refractivity contribution in [2.75, 3.05) is 5.75 Å². The second kappa shape index (κ2) is 11.8. The van der Waals surface area contributed by atoms with E-state index in [9.17, 15) is 9.66 Å². The minimum atomic E-state index is -0.789. The number of rotatable bonds is 12. The lowest BCUT2D eigenvalue weighted by Gasteiger charge is -2.14. The van der Waals surface area contributed by atoms with Crippen LogP contribution in [0.1, 0.15) is 81.9 Å². The van der Waals surface area contributed by atoms with Crippen molar-refractivity contribution in [3.05, 3.63) is 28.8 Å². The summed E-state index contributed by atoms with van der Waals surface area (Å²) in [6.07, 6.45) is 10.5. The zero-order valence-electron chi connectivity index (χ0n) is 15.2. The van der Waals surface area contributed by atoms with Crippen molar-refractivity contribution in [1.29, 1.82) is 0 Å². The van der Waals surface area contributed by atoms with Crippen molar-refractivity contribution in [3.8, 4) is 5.75 Å². The van der Waals surface area contributed by atoms with Crippen molar-refractivity contribution >= 4 is 11.2 Å². The van der Waals surface area contributed by atoms with Crippen LogP contribution in [0, 0.1) is 6.92 Å². The molecule has 0 saturated carbocycles. The van der Waals surface area contributed by atoms with Crippen LogP contribution in [0.25, 0.3) is 0 Å². The topological polar surface area (TPSA) is 43.3 Å². The Morgan fingerprint density at radius 3 is 2.30 bits per heavy atom. The lowest BCUT2D eigenvalue weighted by molar-refractivity contribution is 0.462. The number of hydrogen-bond acceptors (Lipinski definition) is 2. The molecule has 23 heavy (non-hydrogen) atoms. The number of phenolic OH excluding ortho intramolecular Hbond substituents is 1. The second-order valence-corrected chi connectivity index (χ2v) is 8.16. The van der Waals surface area contributed by atoms with Crippen LogP contribution in [0.4, 0.5) is 0 Å². The lowest BCUT2D eigenvalue weighted by Crippen LogP contribution is -2.10. The maximum atomic E-state index is 12.3. The molecule has 1 N–H and O–H groups in total. The first-order valence-electron chi connectivity index (χ1n) is 9.24. The van der Waals surface area contributed by atoms with Crippen LogP contribution in [-0.2, 0) is 23.3 Å². The van der Waals surface area contributed by atoms with Crippen molar-refractivity contribution in [2.24, 2.45) is 0 Å². The second-order valence-electron chi connectivity index (χ2n) is 6.58. The number of benzene rings is 1. The molecule has 1 aromatic carbocycles. The zero-order chi connectivity index (χ0) is 17.1. The van der Waals surface area contributed by atoms with Crippen molar-refractivity contribution < 1.29 is 9.66 Å². The molecule has 0 aromatic heterocycles. The molecule has 1 aromatic rings. The number of phenols is 1. The summed E-state index contributed by atoms with van der Waals surface area (Å²) in [5.41, 5.74) is 3.03. The molecule has 0 aliphatic rings. The van der Waals surface area contributed by atoms with Crippen LogP contribution in [0.3, 0.4) is 0 Å². The van der Waals surface area contributed by atoms with E-state index in [1.807, 2.05) is 13.0 Å². The summed E-state index contributed by atoms with van der Waals surface area (Å²) in [4.78, 5) is 0. The monoisotopic (exact) mass is 338 g/mol. The van der Waals surface area contributed by atoms with Gasteiger partial charge in [0.2, 0.25) is 0 Å². The summed E-state index contributed by atoms with van der Waals surface area (Å²) >= 11 is -0.789. The summed E-state index contributed by atoms with van der Waals surface area (Å²) in [5, 5.41) is 10.2. The van der Waals surface area contributed by atoms with Crippen molar-refractivity contribution in [3.63, 3.8) is 0 Å². The molecule has 0 aliphatic carbocycles. The molecule has 0 amide bonds. The maximum absolute atomic E-state index is 12.3. The fourth-order valence-electron chi connectivity index (χ4n) is 2.88. The van der Waals surface area contributed by atoms with Gasteiger partial charge in [-0.05, 0) is 67.0 Å². The van der Waals surface area contributed by atoms with Gasteiger partial charge in [0, 0.05) is 5.56 Å². The van der Waals surface area contributed by atoms with E-state index >= 15 is 0 Å². The molecule has 1 rings (SSSR count). The molecule has 2 nitrogen and oxygen atoms in total. The molecule has 1 unspecified atom stereocenters. The molecule has 0 heterocycles. The Bertz CT molecular complexity index is 446. The molecule has 0 spiro atoms. The van der Waals surface area contributed by atoms with Crippen LogP contribution in [0.15, 0.2) is 12.1 Å². The number of aromatic hydroxyl groups is 1. The molecule has 0 fully saturated rings.